The smallest absolute Gasteiger partial charge is 0.373 e. The molecule has 1 aliphatic rings. The number of ether oxygens (including phenoxy) is 1. The number of carbonyl (C=O) groups excluding carboxylic acids is 3. The molecule has 0 saturated carbocycles. The van der Waals surface area contributed by atoms with E-state index in [1.54, 1.807) is 18.2 Å². The van der Waals surface area contributed by atoms with E-state index < -0.39 is 23.9 Å². The first-order valence-corrected chi connectivity index (χ1v) is 11.3. The number of nitrogens with one attached hydrogen (secondary N) is 1. The Kier molecular flexibility index (Phi) is 6.06. The molecule has 0 atom stereocenters. The number of aromatic carboxylic acids is 1. The molecule has 3 amide bonds. The minimum atomic E-state index is -0.999. The van der Waals surface area contributed by atoms with E-state index in [4.69, 9.17) is 4.42 Å². The van der Waals surface area contributed by atoms with E-state index in [0.717, 1.165) is 21.4 Å². The SMILES string of the molecule is COC(=O)c1ccc(CN2C(=O)NC(=Cc3cn(Cc4cccc(C(=O)O)c4)c4ccccc34)C2=O)o1. The van der Waals surface area contributed by atoms with Crippen LogP contribution in [-0.4, -0.2) is 45.6 Å². The highest BCUT2D eigenvalue weighted by atomic mass is 16.5. The largest absolute Gasteiger partial charge is 0.478 e. The number of furan rings is 1. The number of urea groups is 1. The van der Waals surface area contributed by atoms with Crippen LogP contribution in [0, 0.1) is 0 Å². The van der Waals surface area contributed by atoms with Crippen LogP contribution >= 0.6 is 0 Å². The van der Waals surface area contributed by atoms with Crippen molar-refractivity contribution >= 4 is 40.9 Å². The summed E-state index contributed by atoms with van der Waals surface area (Å²) in [5, 5.41) is 12.8. The molecule has 0 aliphatic carbocycles. The summed E-state index contributed by atoms with van der Waals surface area (Å²) >= 11 is 0. The zero-order valence-corrected chi connectivity index (χ0v) is 19.6. The second kappa shape index (κ2) is 9.50. The molecule has 1 saturated heterocycles. The molecule has 10 nitrogen and oxygen atoms in total. The fraction of sp³-hybridized carbons (Fsp3) is 0.111. The molecule has 0 spiro atoms. The van der Waals surface area contributed by atoms with Crippen LogP contribution in [0.25, 0.3) is 17.0 Å². The van der Waals surface area contributed by atoms with Gasteiger partial charge >= 0.3 is 18.0 Å². The predicted molar refractivity (Wildman–Crippen MR) is 132 cm³/mol. The van der Waals surface area contributed by atoms with Gasteiger partial charge in [-0.2, -0.15) is 0 Å². The van der Waals surface area contributed by atoms with Gasteiger partial charge in [-0.15, -0.1) is 0 Å². The average Bonchev–Trinajstić information content (AvgIpc) is 3.58. The van der Waals surface area contributed by atoms with Gasteiger partial charge in [-0.3, -0.25) is 9.69 Å². The predicted octanol–water partition coefficient (Wildman–Crippen LogP) is 3.86. The van der Waals surface area contributed by atoms with E-state index in [9.17, 15) is 24.3 Å². The van der Waals surface area contributed by atoms with Crippen LogP contribution in [0.3, 0.4) is 0 Å². The van der Waals surface area contributed by atoms with Crippen molar-refractivity contribution in [1.82, 2.24) is 14.8 Å². The van der Waals surface area contributed by atoms with Gasteiger partial charge in [0, 0.05) is 29.2 Å². The summed E-state index contributed by atoms with van der Waals surface area (Å²) in [5.74, 6) is -1.96. The lowest BCUT2D eigenvalue weighted by Crippen LogP contribution is -2.30. The van der Waals surface area contributed by atoms with E-state index >= 15 is 0 Å². The van der Waals surface area contributed by atoms with Gasteiger partial charge in [-0.25, -0.2) is 14.4 Å². The highest BCUT2D eigenvalue weighted by Crippen LogP contribution is 2.26. The Morgan fingerprint density at radius 2 is 1.86 bits per heavy atom. The molecule has 37 heavy (non-hydrogen) atoms. The Bertz CT molecular complexity index is 1590. The number of aromatic nitrogens is 1. The molecular weight excluding hydrogens is 478 g/mol. The summed E-state index contributed by atoms with van der Waals surface area (Å²) in [6, 6.07) is 16.6. The second-order valence-corrected chi connectivity index (χ2v) is 8.37. The number of carboxylic acid groups (broad SMARTS) is 1. The molecule has 4 aromatic rings. The van der Waals surface area contributed by atoms with Crippen molar-refractivity contribution in [3.8, 4) is 0 Å². The summed E-state index contributed by atoms with van der Waals surface area (Å²) in [6.45, 7) is 0.263. The van der Waals surface area contributed by atoms with Crippen LogP contribution in [0.2, 0.25) is 0 Å². The molecular formula is C27H21N3O7. The van der Waals surface area contributed by atoms with E-state index in [-0.39, 0.29) is 29.3 Å². The van der Waals surface area contributed by atoms with Crippen molar-refractivity contribution < 1.29 is 33.4 Å². The third-order valence-electron chi connectivity index (χ3n) is 5.97. The first-order chi connectivity index (χ1) is 17.8. The lowest BCUT2D eigenvalue weighted by Gasteiger charge is -2.09. The van der Waals surface area contributed by atoms with Crippen LogP contribution in [0.15, 0.2) is 77.0 Å². The van der Waals surface area contributed by atoms with Crippen molar-refractivity contribution in [2.75, 3.05) is 7.11 Å². The molecule has 2 aromatic carbocycles. The van der Waals surface area contributed by atoms with Crippen LogP contribution in [-0.2, 0) is 22.6 Å². The number of nitrogens with zero attached hydrogens (tertiary/aromatic N) is 2. The first-order valence-electron chi connectivity index (χ1n) is 11.3. The third-order valence-corrected chi connectivity index (χ3v) is 5.97. The van der Waals surface area contributed by atoms with Crippen LogP contribution < -0.4 is 5.32 Å². The van der Waals surface area contributed by atoms with Gasteiger partial charge in [0.15, 0.2) is 0 Å². The number of benzene rings is 2. The first kappa shape index (κ1) is 23.6. The third kappa shape index (κ3) is 4.59. The Balaban J connectivity index is 1.42. The van der Waals surface area contributed by atoms with E-state index in [1.807, 2.05) is 41.1 Å². The highest BCUT2D eigenvalue weighted by molar-refractivity contribution is 6.14. The monoisotopic (exact) mass is 499 g/mol. The highest BCUT2D eigenvalue weighted by Gasteiger charge is 2.34. The molecule has 0 bridgehead atoms. The van der Waals surface area contributed by atoms with Crippen molar-refractivity contribution in [2.45, 2.75) is 13.1 Å². The topological polar surface area (TPSA) is 131 Å². The van der Waals surface area contributed by atoms with Gasteiger partial charge in [0.2, 0.25) is 5.76 Å². The summed E-state index contributed by atoms with van der Waals surface area (Å²) in [5.41, 5.74) is 2.70. The molecule has 186 valence electrons. The number of amides is 3. The van der Waals surface area contributed by atoms with Crippen molar-refractivity contribution in [1.29, 1.82) is 0 Å². The standard InChI is InChI=1S/C27H21N3O7/c1-36-26(34)23-10-9-19(37-23)15-30-24(31)21(28-27(30)35)12-18-14-29(22-8-3-2-7-20(18)22)13-16-5-4-6-17(11-16)25(32)33/h2-12,14H,13,15H2,1H3,(H,28,35)(H,32,33). The lowest BCUT2D eigenvalue weighted by atomic mass is 10.1. The molecule has 0 unspecified atom stereocenters. The van der Waals surface area contributed by atoms with E-state index in [2.05, 4.69) is 10.1 Å². The van der Waals surface area contributed by atoms with Gasteiger partial charge in [0.05, 0.1) is 19.2 Å². The maximum absolute atomic E-state index is 13.0. The fourth-order valence-electron chi connectivity index (χ4n) is 4.22. The molecule has 3 heterocycles. The summed E-state index contributed by atoms with van der Waals surface area (Å²) in [7, 11) is 1.23. The van der Waals surface area contributed by atoms with Crippen molar-refractivity contribution in [3.63, 3.8) is 0 Å². The fourth-order valence-corrected chi connectivity index (χ4v) is 4.22. The second-order valence-electron chi connectivity index (χ2n) is 8.37. The summed E-state index contributed by atoms with van der Waals surface area (Å²) in [6.07, 6.45) is 3.46. The number of carbonyl (C=O) groups is 4. The molecule has 1 aliphatic heterocycles. The number of carboxylic acids is 1. The van der Waals surface area contributed by atoms with Gasteiger partial charge in [-0.05, 0) is 42.0 Å². The van der Waals surface area contributed by atoms with E-state index in [1.165, 1.54) is 25.3 Å². The van der Waals surface area contributed by atoms with Gasteiger partial charge < -0.3 is 24.1 Å². The molecule has 2 aromatic heterocycles. The Labute approximate surface area is 210 Å². The number of para-hydroxylation sites is 1. The number of fused-ring (bicyclic) bond motifs is 1. The maximum atomic E-state index is 13.0. The van der Waals surface area contributed by atoms with Crippen LogP contribution in [0.5, 0.6) is 0 Å². The van der Waals surface area contributed by atoms with E-state index in [0.29, 0.717) is 12.1 Å². The minimum Gasteiger partial charge on any atom is -0.478 e. The van der Waals surface area contributed by atoms with Gasteiger partial charge in [-0.1, -0.05) is 30.3 Å². The van der Waals surface area contributed by atoms with Crippen LogP contribution in [0.4, 0.5) is 4.79 Å². The number of hydrogen-bond acceptors (Lipinski definition) is 6. The zero-order chi connectivity index (χ0) is 26.1. The number of rotatable bonds is 7. The van der Waals surface area contributed by atoms with Crippen LogP contribution in [0.1, 0.15) is 37.8 Å². The van der Waals surface area contributed by atoms with Crippen molar-refractivity contribution in [2.24, 2.45) is 0 Å². The van der Waals surface area contributed by atoms with Gasteiger partial charge in [0.1, 0.15) is 11.5 Å². The lowest BCUT2D eigenvalue weighted by molar-refractivity contribution is -0.123. The summed E-state index contributed by atoms with van der Waals surface area (Å²) in [4.78, 5) is 49.5. The van der Waals surface area contributed by atoms with Crippen molar-refractivity contribution in [3.05, 3.63) is 101 Å². The van der Waals surface area contributed by atoms with Gasteiger partial charge in [0.25, 0.3) is 5.91 Å². The number of imide groups is 1. The molecule has 10 heteroatoms. The molecule has 5 rings (SSSR count). The quantitative estimate of drug-likeness (QED) is 0.224. The zero-order valence-electron chi connectivity index (χ0n) is 19.6. The number of esters is 1. The summed E-state index contributed by atoms with van der Waals surface area (Å²) < 4.78 is 11.9. The Morgan fingerprint density at radius 3 is 2.65 bits per heavy atom. The molecule has 0 radical (unpaired) electrons. The molecule has 1 fully saturated rings. The Morgan fingerprint density at radius 1 is 1.05 bits per heavy atom. The number of hydrogen-bond donors (Lipinski definition) is 2. The number of methoxy groups -OCH3 is 1. The minimum absolute atomic E-state index is 0.0259. The Hall–Kier alpha value is -5.12. The normalized spacial score (nSPS) is 14.4. The maximum Gasteiger partial charge on any atom is 0.373 e. The average molecular weight is 499 g/mol. The molecule has 2 N–H and O–H groups in total.